The molecule has 122 valence electrons. The van der Waals surface area contributed by atoms with Crippen LogP contribution in [0.3, 0.4) is 0 Å². The number of hydrogen-bond acceptors (Lipinski definition) is 6. The van der Waals surface area contributed by atoms with Gasteiger partial charge in [-0.3, -0.25) is 15.0 Å². The summed E-state index contributed by atoms with van der Waals surface area (Å²) in [6.07, 6.45) is 0. The third-order valence-corrected chi connectivity index (χ3v) is 2.91. The van der Waals surface area contributed by atoms with Crippen molar-refractivity contribution >= 4 is 11.7 Å². The van der Waals surface area contributed by atoms with Crippen LogP contribution in [-0.4, -0.2) is 31.4 Å². The van der Waals surface area contributed by atoms with Crippen LogP contribution in [0.25, 0.3) is 0 Å². The Labute approximate surface area is 129 Å². The second-order valence-corrected chi connectivity index (χ2v) is 5.80. The van der Waals surface area contributed by atoms with Gasteiger partial charge in [0.25, 0.3) is 5.91 Å². The molecule has 0 radical (unpaired) electrons. The Balaban J connectivity index is 2.93. The molecular weight excluding hydrogens is 286 g/mol. The van der Waals surface area contributed by atoms with Crippen LogP contribution < -0.4 is 26.5 Å². The van der Waals surface area contributed by atoms with Crippen molar-refractivity contribution in [2.45, 2.75) is 26.2 Å². The highest BCUT2D eigenvalue weighted by Crippen LogP contribution is 2.34. The molecule has 1 aromatic rings. The zero-order valence-electron chi connectivity index (χ0n) is 13.1. The quantitative estimate of drug-likeness (QED) is 0.378. The van der Waals surface area contributed by atoms with Crippen molar-refractivity contribution in [3.8, 4) is 11.5 Å². The largest absolute Gasteiger partial charge is 0.485 e. The number of carbonyl (C=O) groups excluding carboxylic acids is 2. The summed E-state index contributed by atoms with van der Waals surface area (Å²) < 4.78 is 10.9. The number of nitrogens with one attached hydrogen (secondary N) is 1. The number of ether oxygens (including phenoxy) is 2. The van der Waals surface area contributed by atoms with Gasteiger partial charge >= 0.3 is 0 Å². The lowest BCUT2D eigenvalue weighted by Gasteiger charge is -2.23. The summed E-state index contributed by atoms with van der Waals surface area (Å²) in [6.45, 7) is 5.73. The van der Waals surface area contributed by atoms with Crippen molar-refractivity contribution in [3.63, 3.8) is 0 Å². The van der Waals surface area contributed by atoms with Crippen LogP contribution >= 0.6 is 0 Å². The number of carbonyl (C=O) groups is 2. The molecule has 0 unspecified atom stereocenters. The van der Waals surface area contributed by atoms with Gasteiger partial charge in [-0.2, -0.15) is 0 Å². The number of amides is 1. The lowest BCUT2D eigenvalue weighted by atomic mass is 9.86. The van der Waals surface area contributed by atoms with Gasteiger partial charge in [0.05, 0.1) is 6.54 Å². The fourth-order valence-electron chi connectivity index (χ4n) is 1.72. The van der Waals surface area contributed by atoms with E-state index >= 15 is 0 Å². The van der Waals surface area contributed by atoms with Crippen LogP contribution in [0.4, 0.5) is 0 Å². The first-order valence-electron chi connectivity index (χ1n) is 6.89. The monoisotopic (exact) mass is 309 g/mol. The Morgan fingerprint density at radius 2 is 1.86 bits per heavy atom. The van der Waals surface area contributed by atoms with Gasteiger partial charge in [-0.25, -0.2) is 5.84 Å². The van der Waals surface area contributed by atoms with Crippen molar-refractivity contribution in [1.82, 2.24) is 5.43 Å². The van der Waals surface area contributed by atoms with E-state index in [1.165, 1.54) is 0 Å². The molecule has 0 saturated heterocycles. The molecule has 7 nitrogen and oxygen atoms in total. The van der Waals surface area contributed by atoms with E-state index in [1.54, 1.807) is 18.2 Å². The van der Waals surface area contributed by atoms with Gasteiger partial charge in [-0.05, 0) is 23.6 Å². The minimum atomic E-state index is -0.425. The maximum atomic E-state index is 11.3. The molecule has 0 aliphatic carbocycles. The van der Waals surface area contributed by atoms with Gasteiger partial charge in [0.2, 0.25) is 0 Å². The van der Waals surface area contributed by atoms with E-state index in [9.17, 15) is 9.59 Å². The van der Waals surface area contributed by atoms with Crippen molar-refractivity contribution in [2.75, 3.05) is 19.8 Å². The topological polar surface area (TPSA) is 117 Å². The SMILES string of the molecule is CC(C)(C)c1cc(OCC(=O)NN)ccc1OCC(=O)CN. The van der Waals surface area contributed by atoms with Crippen LogP contribution in [0.2, 0.25) is 0 Å². The molecule has 0 saturated carbocycles. The van der Waals surface area contributed by atoms with E-state index in [2.05, 4.69) is 0 Å². The number of benzene rings is 1. The number of nitrogens with two attached hydrogens (primary N) is 2. The van der Waals surface area contributed by atoms with Gasteiger partial charge in [-0.1, -0.05) is 20.8 Å². The molecule has 0 aromatic heterocycles. The first-order valence-corrected chi connectivity index (χ1v) is 6.89. The molecule has 0 aliphatic rings. The molecule has 0 bridgehead atoms. The highest BCUT2D eigenvalue weighted by Gasteiger charge is 2.20. The highest BCUT2D eigenvalue weighted by atomic mass is 16.5. The predicted octanol–water partition coefficient (Wildman–Crippen LogP) is 0.259. The predicted molar refractivity (Wildman–Crippen MR) is 82.5 cm³/mol. The molecule has 0 aliphatic heterocycles. The zero-order valence-corrected chi connectivity index (χ0v) is 13.1. The molecule has 1 rings (SSSR count). The Morgan fingerprint density at radius 1 is 1.18 bits per heavy atom. The van der Waals surface area contributed by atoms with E-state index in [1.807, 2.05) is 26.2 Å². The van der Waals surface area contributed by atoms with Gasteiger partial charge in [0.1, 0.15) is 18.1 Å². The molecule has 0 atom stereocenters. The molecule has 0 spiro atoms. The minimum absolute atomic E-state index is 0.0553. The van der Waals surface area contributed by atoms with E-state index in [4.69, 9.17) is 21.1 Å². The van der Waals surface area contributed by atoms with Crippen LogP contribution in [0.5, 0.6) is 11.5 Å². The first kappa shape index (κ1) is 17.9. The van der Waals surface area contributed by atoms with E-state index in [-0.39, 0.29) is 31.0 Å². The van der Waals surface area contributed by atoms with Crippen LogP contribution in [0.15, 0.2) is 18.2 Å². The molecule has 1 amide bonds. The fraction of sp³-hybridized carbons (Fsp3) is 0.467. The Morgan fingerprint density at radius 3 is 2.41 bits per heavy atom. The maximum Gasteiger partial charge on any atom is 0.271 e. The van der Waals surface area contributed by atoms with Crippen LogP contribution in [0.1, 0.15) is 26.3 Å². The van der Waals surface area contributed by atoms with Gasteiger partial charge in [-0.15, -0.1) is 0 Å². The molecule has 22 heavy (non-hydrogen) atoms. The Hall–Kier alpha value is -2.12. The third kappa shape index (κ3) is 5.34. The number of hydrogen-bond donors (Lipinski definition) is 3. The average molecular weight is 309 g/mol. The molecule has 1 aromatic carbocycles. The third-order valence-electron chi connectivity index (χ3n) is 2.91. The standard InChI is InChI=1S/C15H23N3O4/c1-15(2,3)12-6-11(21-9-14(20)18-17)4-5-13(12)22-8-10(19)7-16/h4-6H,7-9,16-17H2,1-3H3,(H,18,20). The molecule has 0 heterocycles. The Kier molecular flexibility index (Phi) is 6.33. The average Bonchev–Trinajstić information content (AvgIpc) is 2.49. The van der Waals surface area contributed by atoms with Gasteiger partial charge in [0, 0.05) is 5.56 Å². The number of rotatable bonds is 7. The lowest BCUT2D eigenvalue weighted by Crippen LogP contribution is -2.34. The molecule has 0 fully saturated rings. The minimum Gasteiger partial charge on any atom is -0.485 e. The van der Waals surface area contributed by atoms with Crippen LogP contribution in [-0.2, 0) is 15.0 Å². The van der Waals surface area contributed by atoms with Crippen LogP contribution in [0, 0.1) is 0 Å². The van der Waals surface area contributed by atoms with Gasteiger partial charge in [0.15, 0.2) is 12.4 Å². The second kappa shape index (κ2) is 7.77. The first-order chi connectivity index (χ1) is 10.3. The maximum absolute atomic E-state index is 11.3. The summed E-state index contributed by atoms with van der Waals surface area (Å²) in [5.41, 5.74) is 7.90. The van der Waals surface area contributed by atoms with Gasteiger partial charge < -0.3 is 15.2 Å². The normalized spacial score (nSPS) is 11.0. The summed E-state index contributed by atoms with van der Waals surface area (Å²) in [6, 6.07) is 5.16. The summed E-state index contributed by atoms with van der Waals surface area (Å²) in [5.74, 6) is 5.50. The fourth-order valence-corrected chi connectivity index (χ4v) is 1.72. The van der Waals surface area contributed by atoms with E-state index in [0.29, 0.717) is 11.5 Å². The summed E-state index contributed by atoms with van der Waals surface area (Å²) >= 11 is 0. The summed E-state index contributed by atoms with van der Waals surface area (Å²) in [5, 5.41) is 0. The van der Waals surface area contributed by atoms with Crippen molar-refractivity contribution < 1.29 is 19.1 Å². The number of Topliss-reactive ketones (excluding diaryl/α,β-unsaturated/α-hetero) is 1. The summed E-state index contributed by atoms with van der Waals surface area (Å²) in [4.78, 5) is 22.4. The van der Waals surface area contributed by atoms with Crippen molar-refractivity contribution in [1.29, 1.82) is 0 Å². The Bertz CT molecular complexity index is 538. The van der Waals surface area contributed by atoms with Crippen molar-refractivity contribution in [2.24, 2.45) is 11.6 Å². The smallest absolute Gasteiger partial charge is 0.271 e. The number of hydrazine groups is 1. The summed E-state index contributed by atoms with van der Waals surface area (Å²) in [7, 11) is 0. The van der Waals surface area contributed by atoms with E-state index < -0.39 is 5.91 Å². The highest BCUT2D eigenvalue weighted by molar-refractivity contribution is 5.81. The number of ketones is 1. The zero-order chi connectivity index (χ0) is 16.8. The molecule has 7 heteroatoms. The molecule has 5 N–H and O–H groups in total. The second-order valence-electron chi connectivity index (χ2n) is 5.80. The van der Waals surface area contributed by atoms with E-state index in [0.717, 1.165) is 5.56 Å². The van der Waals surface area contributed by atoms with Crippen molar-refractivity contribution in [3.05, 3.63) is 23.8 Å². The molecular formula is C15H23N3O4. The lowest BCUT2D eigenvalue weighted by molar-refractivity contribution is -0.123.